The number of carbonyl (C=O) groups excluding carboxylic acids is 2. The monoisotopic (exact) mass is 266 g/mol. The van der Waals surface area contributed by atoms with Gasteiger partial charge < -0.3 is 21.7 Å². The fraction of sp³-hybridized carbons (Fsp3) is 0.667. The van der Waals surface area contributed by atoms with Gasteiger partial charge in [-0.3, -0.25) is 4.79 Å². The van der Waals surface area contributed by atoms with Gasteiger partial charge >= 0.3 is 6.09 Å². The van der Waals surface area contributed by atoms with Crippen LogP contribution in [0.2, 0.25) is 0 Å². The predicted molar refractivity (Wildman–Crippen MR) is 50.5 cm³/mol. The Hall–Kier alpha value is -0.637. The van der Waals surface area contributed by atoms with Crippen molar-refractivity contribution in [2.75, 3.05) is 7.11 Å². The molecule has 0 aromatic rings. The van der Waals surface area contributed by atoms with E-state index in [9.17, 15) is 9.59 Å². The second-order valence-corrected chi connectivity index (χ2v) is 3.72. The molecular formula is C9H16NO4Zn-. The van der Waals surface area contributed by atoms with Gasteiger partial charge in [-0.2, -0.15) is 0 Å². The van der Waals surface area contributed by atoms with Crippen LogP contribution in [0.15, 0.2) is 0 Å². The van der Waals surface area contributed by atoms with E-state index < -0.39 is 23.7 Å². The van der Waals surface area contributed by atoms with Gasteiger partial charge in [0.05, 0.1) is 7.11 Å². The maximum absolute atomic E-state index is 11.1. The molecule has 1 amide bonds. The molecule has 6 heteroatoms. The van der Waals surface area contributed by atoms with Crippen LogP contribution in [0.5, 0.6) is 0 Å². The van der Waals surface area contributed by atoms with Gasteiger partial charge in [0.25, 0.3) is 5.97 Å². The maximum Gasteiger partial charge on any atom is 0.405 e. The second-order valence-electron chi connectivity index (χ2n) is 3.72. The van der Waals surface area contributed by atoms with E-state index in [4.69, 9.17) is 4.74 Å². The first-order chi connectivity index (χ1) is 6.26. The number of hydrogen-bond acceptors (Lipinski definition) is 4. The van der Waals surface area contributed by atoms with Crippen molar-refractivity contribution in [2.45, 2.75) is 32.4 Å². The van der Waals surface area contributed by atoms with E-state index in [-0.39, 0.29) is 19.5 Å². The molecule has 0 saturated heterocycles. The van der Waals surface area contributed by atoms with Gasteiger partial charge in [0, 0.05) is 25.5 Å². The van der Waals surface area contributed by atoms with Crippen molar-refractivity contribution in [3.63, 3.8) is 0 Å². The Bertz CT molecular complexity index is 225. The number of esters is 1. The van der Waals surface area contributed by atoms with Crippen molar-refractivity contribution >= 4 is 12.1 Å². The summed E-state index contributed by atoms with van der Waals surface area (Å²) in [6.45, 7) is 8.57. The minimum absolute atomic E-state index is 0. The number of amides is 1. The van der Waals surface area contributed by atoms with Crippen LogP contribution in [0.4, 0.5) is 4.79 Å². The van der Waals surface area contributed by atoms with Crippen LogP contribution in [0.3, 0.4) is 0 Å². The predicted octanol–water partition coefficient (Wildman–Crippen LogP) is 0.884. The SMILES string of the molecule is [CH2-][C@H](NC(=O)OC(C)(C)C)C(=O)OC.[Zn]. The smallest absolute Gasteiger partial charge is 0.405 e. The Morgan fingerprint density at radius 2 is 1.80 bits per heavy atom. The zero-order chi connectivity index (χ0) is 11.4. The average molecular weight is 268 g/mol. The minimum atomic E-state index is -0.949. The Morgan fingerprint density at radius 1 is 1.33 bits per heavy atom. The number of ether oxygens (including phenoxy) is 2. The van der Waals surface area contributed by atoms with Crippen LogP contribution in [-0.2, 0) is 33.7 Å². The number of rotatable bonds is 2. The van der Waals surface area contributed by atoms with Gasteiger partial charge in [-0.1, -0.05) is 0 Å². The first kappa shape index (κ1) is 16.8. The Labute approximate surface area is 103 Å². The van der Waals surface area contributed by atoms with E-state index in [1.165, 1.54) is 7.11 Å². The van der Waals surface area contributed by atoms with Crippen molar-refractivity contribution < 1.29 is 38.5 Å². The molecule has 0 unspecified atom stereocenters. The summed E-state index contributed by atoms with van der Waals surface area (Å²) in [5.74, 6) is -0.615. The summed E-state index contributed by atoms with van der Waals surface area (Å²) >= 11 is 0. The number of methoxy groups -OCH3 is 1. The topological polar surface area (TPSA) is 64.6 Å². The van der Waals surface area contributed by atoms with E-state index in [1.807, 2.05) is 0 Å². The minimum Gasteiger partial charge on any atom is -0.469 e. The summed E-state index contributed by atoms with van der Waals surface area (Å²) < 4.78 is 9.28. The Balaban J connectivity index is 0. The molecule has 0 rings (SSSR count). The molecule has 0 spiro atoms. The molecule has 0 aromatic heterocycles. The zero-order valence-electron chi connectivity index (χ0n) is 9.62. The second kappa shape index (κ2) is 6.78. The van der Waals surface area contributed by atoms with Gasteiger partial charge in [0.15, 0.2) is 0 Å². The fourth-order valence-corrected chi connectivity index (χ4v) is 0.651. The van der Waals surface area contributed by atoms with Gasteiger partial charge in [0.1, 0.15) is 5.60 Å². The molecule has 5 nitrogen and oxygen atoms in total. The molecule has 0 fully saturated rings. The molecule has 0 aliphatic rings. The number of hydrogen-bond donors (Lipinski definition) is 1. The van der Waals surface area contributed by atoms with E-state index in [1.54, 1.807) is 20.8 Å². The molecule has 84 valence electrons. The molecule has 0 aromatic carbocycles. The van der Waals surface area contributed by atoms with Crippen LogP contribution >= 0.6 is 0 Å². The van der Waals surface area contributed by atoms with Gasteiger partial charge in [-0.05, 0) is 20.8 Å². The molecule has 1 atom stereocenters. The molecular weight excluding hydrogens is 251 g/mol. The molecule has 0 bridgehead atoms. The van der Waals surface area contributed by atoms with Crippen LogP contribution in [0.1, 0.15) is 20.8 Å². The van der Waals surface area contributed by atoms with Gasteiger partial charge in [-0.15, -0.1) is 0 Å². The molecule has 0 radical (unpaired) electrons. The molecule has 0 aliphatic heterocycles. The third-order valence-electron chi connectivity index (χ3n) is 1.18. The first-order valence-corrected chi connectivity index (χ1v) is 4.16. The standard InChI is InChI=1S/C9H16NO4.Zn/c1-6(7(11)13-5)10-8(12)14-9(2,3)4;/h6H,1H2,2-5H3,(H,10,12);/q-1;/t6-;/m0./s1. The number of carbonyl (C=O) groups is 2. The number of alkyl carbamates (subject to hydrolysis) is 1. The number of nitrogens with one attached hydrogen (secondary N) is 1. The quantitative estimate of drug-likeness (QED) is 0.458. The van der Waals surface area contributed by atoms with Crippen LogP contribution in [0.25, 0.3) is 0 Å². The maximum atomic E-state index is 11.1. The van der Waals surface area contributed by atoms with E-state index in [0.717, 1.165) is 0 Å². The van der Waals surface area contributed by atoms with Crippen LogP contribution in [-0.4, -0.2) is 30.8 Å². The first-order valence-electron chi connectivity index (χ1n) is 4.16. The van der Waals surface area contributed by atoms with E-state index >= 15 is 0 Å². The molecule has 1 N–H and O–H groups in total. The third kappa shape index (κ3) is 8.36. The summed E-state index contributed by atoms with van der Waals surface area (Å²) in [6, 6.07) is -0.949. The summed E-state index contributed by atoms with van der Waals surface area (Å²) in [7, 11) is 1.22. The molecule has 0 saturated carbocycles. The van der Waals surface area contributed by atoms with E-state index in [2.05, 4.69) is 17.0 Å². The van der Waals surface area contributed by atoms with Crippen molar-refractivity contribution in [1.82, 2.24) is 5.32 Å². The summed E-state index contributed by atoms with van der Waals surface area (Å²) in [6.07, 6.45) is -0.692. The fourth-order valence-electron chi connectivity index (χ4n) is 0.651. The molecule has 15 heavy (non-hydrogen) atoms. The Morgan fingerprint density at radius 3 is 2.13 bits per heavy atom. The summed E-state index contributed by atoms with van der Waals surface area (Å²) in [5.41, 5.74) is -0.597. The molecule has 0 heterocycles. The van der Waals surface area contributed by atoms with E-state index in [0.29, 0.717) is 0 Å². The summed E-state index contributed by atoms with van der Waals surface area (Å²) in [5, 5.41) is 2.24. The van der Waals surface area contributed by atoms with Gasteiger partial charge in [-0.25, -0.2) is 4.79 Å². The normalized spacial score (nSPS) is 12.1. The van der Waals surface area contributed by atoms with Crippen LogP contribution in [0, 0.1) is 6.92 Å². The largest absolute Gasteiger partial charge is 0.469 e. The van der Waals surface area contributed by atoms with Gasteiger partial charge in [0.2, 0.25) is 0 Å². The average Bonchev–Trinajstić information content (AvgIpc) is 1.99. The van der Waals surface area contributed by atoms with Crippen LogP contribution < -0.4 is 5.32 Å². The molecule has 0 aliphatic carbocycles. The van der Waals surface area contributed by atoms with Crippen molar-refractivity contribution in [1.29, 1.82) is 0 Å². The third-order valence-corrected chi connectivity index (χ3v) is 1.18. The van der Waals surface area contributed by atoms with Crippen molar-refractivity contribution in [3.8, 4) is 0 Å². The van der Waals surface area contributed by atoms with Crippen molar-refractivity contribution in [3.05, 3.63) is 6.92 Å². The zero-order valence-corrected chi connectivity index (χ0v) is 12.6. The van der Waals surface area contributed by atoms with Crippen molar-refractivity contribution in [2.24, 2.45) is 0 Å². The summed E-state index contributed by atoms with van der Waals surface area (Å²) in [4.78, 5) is 22.0. The Kier molecular flexibility index (Phi) is 7.58.